The molecule has 1 aliphatic rings. The average Bonchev–Trinajstić information content (AvgIpc) is 2.58. The van der Waals surface area contributed by atoms with Gasteiger partial charge in [-0.3, -0.25) is 9.79 Å². The molecule has 0 fully saturated rings. The number of aliphatic carboxylic acids is 1. The number of fused-ring (bicyclic) bond motifs is 1. The number of benzene rings is 1. The molecule has 0 saturated heterocycles. The lowest BCUT2D eigenvalue weighted by Gasteiger charge is -2.33. The highest BCUT2D eigenvalue weighted by atomic mass is 16.4. The molecule has 0 spiro atoms. The van der Waals surface area contributed by atoms with Crippen molar-refractivity contribution in [1.29, 1.82) is 0 Å². The summed E-state index contributed by atoms with van der Waals surface area (Å²) in [6.45, 7) is 5.34. The zero-order chi connectivity index (χ0) is 14.3. The summed E-state index contributed by atoms with van der Waals surface area (Å²) in [7, 11) is 0. The SMILES string of the molecule is CC1(C)N=c2ccccc2=C1C(C)(CCO)C(=O)O. The third-order valence-corrected chi connectivity index (χ3v) is 3.82. The number of para-hydroxylation sites is 1. The Kier molecular flexibility index (Phi) is 3.22. The van der Waals surface area contributed by atoms with Crippen LogP contribution in [0.3, 0.4) is 0 Å². The number of hydrogen-bond donors (Lipinski definition) is 2. The number of carbonyl (C=O) groups is 1. The van der Waals surface area contributed by atoms with Crippen LogP contribution in [-0.2, 0) is 4.79 Å². The van der Waals surface area contributed by atoms with Crippen LogP contribution >= 0.6 is 0 Å². The first-order valence-electron chi connectivity index (χ1n) is 6.37. The Balaban J connectivity index is 2.80. The molecule has 4 heteroatoms. The first-order chi connectivity index (χ1) is 8.83. The van der Waals surface area contributed by atoms with E-state index in [0.717, 1.165) is 16.1 Å². The zero-order valence-electron chi connectivity index (χ0n) is 11.5. The molecular formula is C15H19NO3. The van der Waals surface area contributed by atoms with E-state index in [0.29, 0.717) is 0 Å². The van der Waals surface area contributed by atoms with Gasteiger partial charge in [-0.1, -0.05) is 18.2 Å². The Morgan fingerprint density at radius 1 is 1.37 bits per heavy atom. The van der Waals surface area contributed by atoms with E-state index in [1.165, 1.54) is 0 Å². The molecule has 102 valence electrons. The van der Waals surface area contributed by atoms with Crippen LogP contribution < -0.4 is 10.6 Å². The lowest BCUT2D eigenvalue weighted by atomic mass is 9.71. The van der Waals surface area contributed by atoms with Gasteiger partial charge in [-0.25, -0.2) is 0 Å². The Hall–Kier alpha value is -1.68. The van der Waals surface area contributed by atoms with E-state index in [4.69, 9.17) is 0 Å². The van der Waals surface area contributed by atoms with Crippen molar-refractivity contribution in [3.63, 3.8) is 0 Å². The normalized spacial score (nSPS) is 19.5. The molecule has 0 radical (unpaired) electrons. The summed E-state index contributed by atoms with van der Waals surface area (Å²) in [5.41, 5.74) is -0.891. The van der Waals surface area contributed by atoms with Crippen LogP contribution in [0.4, 0.5) is 0 Å². The molecule has 0 aliphatic carbocycles. The van der Waals surface area contributed by atoms with Crippen molar-refractivity contribution in [2.45, 2.75) is 32.7 Å². The van der Waals surface area contributed by atoms with Crippen LogP contribution in [0.2, 0.25) is 0 Å². The van der Waals surface area contributed by atoms with Crippen LogP contribution in [0.15, 0.2) is 29.3 Å². The Morgan fingerprint density at radius 3 is 2.58 bits per heavy atom. The summed E-state index contributed by atoms with van der Waals surface area (Å²) in [5.74, 6) is -0.920. The summed E-state index contributed by atoms with van der Waals surface area (Å²) in [5, 5.41) is 20.5. The maximum Gasteiger partial charge on any atom is 0.313 e. The second-order valence-corrected chi connectivity index (χ2v) is 5.67. The molecule has 2 N–H and O–H groups in total. The maximum absolute atomic E-state index is 11.7. The molecule has 4 nitrogen and oxygen atoms in total. The van der Waals surface area contributed by atoms with Crippen LogP contribution in [0.1, 0.15) is 27.2 Å². The molecule has 1 unspecified atom stereocenters. The smallest absolute Gasteiger partial charge is 0.313 e. The van der Waals surface area contributed by atoms with E-state index in [1.54, 1.807) is 6.92 Å². The minimum atomic E-state index is -1.10. The van der Waals surface area contributed by atoms with Crippen molar-refractivity contribution >= 4 is 11.5 Å². The summed E-state index contributed by atoms with van der Waals surface area (Å²) in [6, 6.07) is 7.58. The number of carboxylic acids is 1. The summed E-state index contributed by atoms with van der Waals surface area (Å²) in [6.07, 6.45) is 0.185. The summed E-state index contributed by atoms with van der Waals surface area (Å²) < 4.78 is 0. The van der Waals surface area contributed by atoms with Gasteiger partial charge >= 0.3 is 5.97 Å². The molecule has 0 amide bonds. The summed E-state index contributed by atoms with van der Waals surface area (Å²) >= 11 is 0. The number of aliphatic hydroxyl groups excluding tert-OH is 1. The molecule has 1 aliphatic heterocycles. The van der Waals surface area contributed by atoms with Gasteiger partial charge in [0, 0.05) is 11.8 Å². The molecule has 0 aromatic heterocycles. The van der Waals surface area contributed by atoms with E-state index >= 15 is 0 Å². The van der Waals surface area contributed by atoms with Crippen molar-refractivity contribution in [3.05, 3.63) is 34.8 Å². The molecule has 1 aromatic carbocycles. The second-order valence-electron chi connectivity index (χ2n) is 5.67. The van der Waals surface area contributed by atoms with Gasteiger partial charge in [0.15, 0.2) is 0 Å². The van der Waals surface area contributed by atoms with Gasteiger partial charge in [0.05, 0.1) is 16.3 Å². The first-order valence-corrected chi connectivity index (χ1v) is 6.37. The predicted octanol–water partition coefficient (Wildman–Crippen LogP) is 0.722. The van der Waals surface area contributed by atoms with Crippen LogP contribution in [0.5, 0.6) is 0 Å². The fourth-order valence-electron chi connectivity index (χ4n) is 3.00. The first kappa shape index (κ1) is 13.7. The van der Waals surface area contributed by atoms with Crippen molar-refractivity contribution < 1.29 is 15.0 Å². The third kappa shape index (κ3) is 2.06. The highest BCUT2D eigenvalue weighted by molar-refractivity contribution is 5.89. The molecule has 19 heavy (non-hydrogen) atoms. The lowest BCUT2D eigenvalue weighted by molar-refractivity contribution is -0.145. The van der Waals surface area contributed by atoms with E-state index in [-0.39, 0.29) is 13.0 Å². The molecule has 2 rings (SSSR count). The largest absolute Gasteiger partial charge is 0.481 e. The molecule has 1 heterocycles. The Morgan fingerprint density at radius 2 is 2.00 bits per heavy atom. The van der Waals surface area contributed by atoms with Crippen molar-refractivity contribution in [2.24, 2.45) is 10.4 Å². The van der Waals surface area contributed by atoms with Gasteiger partial charge in [-0.15, -0.1) is 0 Å². The topological polar surface area (TPSA) is 69.9 Å². The van der Waals surface area contributed by atoms with Gasteiger partial charge in [-0.05, 0) is 38.8 Å². The molecule has 1 aromatic rings. The zero-order valence-corrected chi connectivity index (χ0v) is 11.5. The van der Waals surface area contributed by atoms with E-state index in [1.807, 2.05) is 38.1 Å². The maximum atomic E-state index is 11.7. The molecule has 0 saturated carbocycles. The number of rotatable bonds is 4. The fraction of sp³-hybridized carbons (Fsp3) is 0.467. The highest BCUT2D eigenvalue weighted by Crippen LogP contribution is 2.41. The van der Waals surface area contributed by atoms with Crippen LogP contribution in [0.25, 0.3) is 5.57 Å². The second kappa shape index (κ2) is 4.46. The fourth-order valence-corrected chi connectivity index (χ4v) is 3.00. The Bertz CT molecular complexity index is 633. The lowest BCUT2D eigenvalue weighted by Crippen LogP contribution is -2.40. The van der Waals surface area contributed by atoms with E-state index < -0.39 is 16.9 Å². The van der Waals surface area contributed by atoms with Crippen molar-refractivity contribution in [1.82, 2.24) is 0 Å². The predicted molar refractivity (Wildman–Crippen MR) is 72.2 cm³/mol. The van der Waals surface area contributed by atoms with Gasteiger partial charge < -0.3 is 10.2 Å². The molecular weight excluding hydrogens is 242 g/mol. The van der Waals surface area contributed by atoms with Gasteiger partial charge in [0.2, 0.25) is 0 Å². The minimum Gasteiger partial charge on any atom is -0.481 e. The standard InChI is InChI=1S/C15H19NO3/c1-14(2)12(15(3,8-9-17)13(18)19)10-6-4-5-7-11(10)16-14/h4-7,17H,8-9H2,1-3H3,(H,18,19). The van der Waals surface area contributed by atoms with Gasteiger partial charge in [0.25, 0.3) is 0 Å². The number of nitrogens with zero attached hydrogens (tertiary/aromatic N) is 1. The van der Waals surface area contributed by atoms with Crippen molar-refractivity contribution in [3.8, 4) is 0 Å². The van der Waals surface area contributed by atoms with Gasteiger partial charge in [-0.2, -0.15) is 0 Å². The summed E-state index contributed by atoms with van der Waals surface area (Å²) in [4.78, 5) is 16.3. The average molecular weight is 261 g/mol. The quantitative estimate of drug-likeness (QED) is 0.839. The Labute approximate surface area is 112 Å². The minimum absolute atomic E-state index is 0.162. The molecule has 1 atom stereocenters. The van der Waals surface area contributed by atoms with Gasteiger partial charge in [0.1, 0.15) is 0 Å². The van der Waals surface area contributed by atoms with Crippen LogP contribution in [0, 0.1) is 5.41 Å². The molecule has 0 bridgehead atoms. The highest BCUT2D eigenvalue weighted by Gasteiger charge is 2.45. The van der Waals surface area contributed by atoms with E-state index in [2.05, 4.69) is 4.99 Å². The van der Waals surface area contributed by atoms with E-state index in [9.17, 15) is 15.0 Å². The third-order valence-electron chi connectivity index (χ3n) is 3.82. The number of carboxylic acid groups (broad SMARTS) is 1. The number of aliphatic hydroxyl groups is 1. The monoisotopic (exact) mass is 261 g/mol. The van der Waals surface area contributed by atoms with Crippen LogP contribution in [-0.4, -0.2) is 28.3 Å². The number of hydrogen-bond acceptors (Lipinski definition) is 3. The van der Waals surface area contributed by atoms with Crippen molar-refractivity contribution in [2.75, 3.05) is 6.61 Å².